The quantitative estimate of drug-likeness (QED) is 0.404. The third kappa shape index (κ3) is 6.64. The van der Waals surface area contributed by atoms with Crippen LogP contribution in [0.25, 0.3) is 0 Å². The van der Waals surface area contributed by atoms with Crippen LogP contribution in [0.4, 0.5) is 26.7 Å². The average molecular weight is 449 g/mol. The zero-order chi connectivity index (χ0) is 23.5. The second-order valence-electron chi connectivity index (χ2n) is 7.05. The number of carbonyl (C=O) groups excluding carboxylic acids is 2. The Balaban J connectivity index is 1.58. The molecule has 0 aliphatic carbocycles. The monoisotopic (exact) mass is 448 g/mol. The molecule has 3 rings (SSSR count). The summed E-state index contributed by atoms with van der Waals surface area (Å²) in [5.41, 5.74) is 1.92. The summed E-state index contributed by atoms with van der Waals surface area (Å²) in [5.74, 6) is 1.16. The van der Waals surface area contributed by atoms with Crippen molar-refractivity contribution in [3.8, 4) is 11.5 Å². The molecule has 8 heteroatoms. The molecule has 0 aliphatic rings. The third-order valence-corrected chi connectivity index (χ3v) is 4.86. The summed E-state index contributed by atoms with van der Waals surface area (Å²) in [6.45, 7) is 0.784. The van der Waals surface area contributed by atoms with E-state index in [4.69, 9.17) is 9.47 Å². The molecule has 3 aromatic rings. The lowest BCUT2D eigenvalue weighted by molar-refractivity contribution is 0.252. The van der Waals surface area contributed by atoms with Gasteiger partial charge in [-0.2, -0.15) is 0 Å². The number of rotatable bonds is 9. The van der Waals surface area contributed by atoms with Crippen molar-refractivity contribution in [2.45, 2.75) is 6.42 Å². The van der Waals surface area contributed by atoms with Crippen LogP contribution in [-0.4, -0.2) is 39.4 Å². The smallest absolute Gasteiger partial charge is 0.326 e. The summed E-state index contributed by atoms with van der Waals surface area (Å²) in [7, 11) is 3.11. The van der Waals surface area contributed by atoms with Crippen molar-refractivity contribution in [3.05, 3.63) is 78.9 Å². The van der Waals surface area contributed by atoms with E-state index in [1.165, 1.54) is 0 Å². The van der Waals surface area contributed by atoms with Crippen molar-refractivity contribution in [1.29, 1.82) is 0 Å². The van der Waals surface area contributed by atoms with Gasteiger partial charge >= 0.3 is 12.1 Å². The standard InChI is InChI=1S/C25H28N4O4/c1-32-22-15-8-6-13-20(22)27-24(30)26-17-10-18-29(19-11-4-3-5-12-19)25(31)28-21-14-7-9-16-23(21)33-2/h3-9,11-16H,10,17-18H2,1-2H3,(H,28,31)(H2,26,27,30). The van der Waals surface area contributed by atoms with Gasteiger partial charge in [0.2, 0.25) is 0 Å². The van der Waals surface area contributed by atoms with E-state index in [-0.39, 0.29) is 12.1 Å². The van der Waals surface area contributed by atoms with E-state index < -0.39 is 0 Å². The molecule has 0 unspecified atom stereocenters. The number of hydrogen-bond acceptors (Lipinski definition) is 4. The Hall–Kier alpha value is -4.20. The van der Waals surface area contributed by atoms with Crippen molar-refractivity contribution in [2.24, 2.45) is 0 Å². The molecular formula is C25H28N4O4. The Morgan fingerprint density at radius 1 is 0.758 bits per heavy atom. The second-order valence-corrected chi connectivity index (χ2v) is 7.05. The fraction of sp³-hybridized carbons (Fsp3) is 0.200. The SMILES string of the molecule is COc1ccccc1NC(=O)NCCCN(C(=O)Nc1ccccc1OC)c1ccccc1. The van der Waals surface area contributed by atoms with Gasteiger partial charge in [-0.05, 0) is 42.8 Å². The van der Waals surface area contributed by atoms with Gasteiger partial charge in [0, 0.05) is 18.8 Å². The highest BCUT2D eigenvalue weighted by Gasteiger charge is 2.17. The Kier molecular flexibility index (Phi) is 8.53. The molecule has 3 aromatic carbocycles. The maximum absolute atomic E-state index is 13.1. The maximum atomic E-state index is 13.1. The largest absolute Gasteiger partial charge is 0.495 e. The van der Waals surface area contributed by atoms with Crippen LogP contribution in [0.2, 0.25) is 0 Å². The molecule has 0 saturated heterocycles. The van der Waals surface area contributed by atoms with Gasteiger partial charge in [0.25, 0.3) is 0 Å². The Bertz CT molecular complexity index is 1060. The molecule has 0 spiro atoms. The summed E-state index contributed by atoms with van der Waals surface area (Å²) < 4.78 is 10.6. The minimum atomic E-state index is -0.343. The maximum Gasteiger partial charge on any atom is 0.326 e. The molecule has 0 atom stereocenters. The Morgan fingerprint density at radius 3 is 1.91 bits per heavy atom. The lowest BCUT2D eigenvalue weighted by Gasteiger charge is -2.24. The summed E-state index contributed by atoms with van der Waals surface area (Å²) in [4.78, 5) is 27.0. The molecule has 3 N–H and O–H groups in total. The lowest BCUT2D eigenvalue weighted by Crippen LogP contribution is -2.38. The zero-order valence-corrected chi connectivity index (χ0v) is 18.7. The van der Waals surface area contributed by atoms with Crippen LogP contribution in [0.5, 0.6) is 11.5 Å². The molecule has 0 aliphatic heterocycles. The molecule has 0 heterocycles. The van der Waals surface area contributed by atoms with E-state index in [2.05, 4.69) is 16.0 Å². The van der Waals surface area contributed by atoms with Gasteiger partial charge in [0.05, 0.1) is 25.6 Å². The van der Waals surface area contributed by atoms with Crippen molar-refractivity contribution < 1.29 is 19.1 Å². The number of hydrogen-bond donors (Lipinski definition) is 3. The number of amides is 4. The van der Waals surface area contributed by atoms with Crippen LogP contribution >= 0.6 is 0 Å². The first-order valence-corrected chi connectivity index (χ1v) is 10.6. The van der Waals surface area contributed by atoms with Crippen molar-refractivity contribution in [1.82, 2.24) is 5.32 Å². The molecule has 33 heavy (non-hydrogen) atoms. The third-order valence-electron chi connectivity index (χ3n) is 4.86. The first-order valence-electron chi connectivity index (χ1n) is 10.6. The van der Waals surface area contributed by atoms with Crippen LogP contribution < -0.4 is 30.3 Å². The fourth-order valence-electron chi connectivity index (χ4n) is 3.24. The van der Waals surface area contributed by atoms with E-state index >= 15 is 0 Å². The highest BCUT2D eigenvalue weighted by Crippen LogP contribution is 2.25. The average Bonchev–Trinajstić information content (AvgIpc) is 2.85. The van der Waals surface area contributed by atoms with Gasteiger partial charge in [0.15, 0.2) is 0 Å². The topological polar surface area (TPSA) is 91.9 Å². The second kappa shape index (κ2) is 12.0. The first kappa shape index (κ1) is 23.5. The first-order chi connectivity index (χ1) is 16.1. The predicted molar refractivity (Wildman–Crippen MR) is 130 cm³/mol. The van der Waals surface area contributed by atoms with E-state index in [0.29, 0.717) is 42.4 Å². The highest BCUT2D eigenvalue weighted by atomic mass is 16.5. The Morgan fingerprint density at radius 2 is 1.30 bits per heavy atom. The summed E-state index contributed by atoms with van der Waals surface area (Å²) in [6, 6.07) is 23.1. The van der Waals surface area contributed by atoms with E-state index in [1.54, 1.807) is 43.4 Å². The van der Waals surface area contributed by atoms with Crippen molar-refractivity contribution in [3.63, 3.8) is 0 Å². The number of urea groups is 2. The summed E-state index contributed by atoms with van der Waals surface area (Å²) >= 11 is 0. The number of methoxy groups -OCH3 is 2. The predicted octanol–water partition coefficient (Wildman–Crippen LogP) is 4.95. The number of para-hydroxylation sites is 5. The van der Waals surface area contributed by atoms with Gasteiger partial charge in [-0.3, -0.25) is 4.90 Å². The molecule has 8 nitrogen and oxygen atoms in total. The zero-order valence-electron chi connectivity index (χ0n) is 18.7. The number of carbonyl (C=O) groups is 2. The number of nitrogens with zero attached hydrogens (tertiary/aromatic N) is 1. The number of anilines is 3. The van der Waals surface area contributed by atoms with Gasteiger partial charge in [-0.25, -0.2) is 9.59 Å². The van der Waals surface area contributed by atoms with Crippen LogP contribution in [0.15, 0.2) is 78.9 Å². The van der Waals surface area contributed by atoms with Crippen molar-refractivity contribution in [2.75, 3.05) is 42.8 Å². The minimum absolute atomic E-state index is 0.288. The summed E-state index contributed by atoms with van der Waals surface area (Å²) in [5, 5.41) is 8.48. The van der Waals surface area contributed by atoms with Crippen LogP contribution in [0.1, 0.15) is 6.42 Å². The number of benzene rings is 3. The molecule has 0 radical (unpaired) electrons. The summed E-state index contributed by atoms with van der Waals surface area (Å²) in [6.07, 6.45) is 0.549. The van der Waals surface area contributed by atoms with Gasteiger partial charge < -0.3 is 25.4 Å². The van der Waals surface area contributed by atoms with Crippen LogP contribution in [0.3, 0.4) is 0 Å². The molecule has 0 saturated carbocycles. The number of nitrogens with one attached hydrogen (secondary N) is 3. The Labute approximate surface area is 193 Å². The van der Waals surface area contributed by atoms with Gasteiger partial charge in [0.1, 0.15) is 11.5 Å². The van der Waals surface area contributed by atoms with Crippen molar-refractivity contribution >= 4 is 29.1 Å². The number of ether oxygens (including phenoxy) is 2. The highest BCUT2D eigenvalue weighted by molar-refractivity contribution is 6.02. The molecule has 0 fully saturated rings. The molecular weight excluding hydrogens is 420 g/mol. The normalized spacial score (nSPS) is 10.1. The van der Waals surface area contributed by atoms with Gasteiger partial charge in [-0.1, -0.05) is 42.5 Å². The molecule has 0 aromatic heterocycles. The van der Waals surface area contributed by atoms with E-state index in [1.807, 2.05) is 54.6 Å². The van der Waals surface area contributed by atoms with Gasteiger partial charge in [-0.15, -0.1) is 0 Å². The van der Waals surface area contributed by atoms with Crippen LogP contribution in [0, 0.1) is 0 Å². The molecule has 4 amide bonds. The minimum Gasteiger partial charge on any atom is -0.495 e. The lowest BCUT2D eigenvalue weighted by atomic mass is 10.2. The molecule has 0 bridgehead atoms. The van der Waals surface area contributed by atoms with E-state index in [9.17, 15) is 9.59 Å². The van der Waals surface area contributed by atoms with Crippen LogP contribution in [-0.2, 0) is 0 Å². The molecule has 172 valence electrons. The van der Waals surface area contributed by atoms with E-state index in [0.717, 1.165) is 5.69 Å². The fourth-order valence-corrected chi connectivity index (χ4v) is 3.24.